The zero-order chi connectivity index (χ0) is 13.0. The molecule has 1 aromatic heterocycles. The molecule has 0 bridgehead atoms. The van der Waals surface area contributed by atoms with Gasteiger partial charge in [0.1, 0.15) is 0 Å². The second-order valence-corrected chi connectivity index (χ2v) is 5.76. The van der Waals surface area contributed by atoms with Gasteiger partial charge in [-0.3, -0.25) is 4.79 Å². The van der Waals surface area contributed by atoms with Gasteiger partial charge >= 0.3 is 0 Å². The number of carbonyl (C=O) groups is 1. The highest BCUT2D eigenvalue weighted by Gasteiger charge is 2.22. The number of hydrogen-bond donors (Lipinski definition) is 2. The minimum Gasteiger partial charge on any atom is -0.351 e. The van der Waals surface area contributed by atoms with E-state index in [1.165, 1.54) is 0 Å². The lowest BCUT2D eigenvalue weighted by Gasteiger charge is -2.30. The van der Waals surface area contributed by atoms with Gasteiger partial charge in [0.2, 0.25) is 5.91 Å². The van der Waals surface area contributed by atoms with E-state index in [-0.39, 0.29) is 11.9 Å². The van der Waals surface area contributed by atoms with Crippen LogP contribution in [0.4, 0.5) is 0 Å². The van der Waals surface area contributed by atoms with Crippen LogP contribution in [0.3, 0.4) is 0 Å². The lowest BCUT2D eigenvalue weighted by molar-refractivity contribution is -0.121. The summed E-state index contributed by atoms with van der Waals surface area (Å²) < 4.78 is 0. The fourth-order valence-corrected chi connectivity index (χ4v) is 3.00. The van der Waals surface area contributed by atoms with E-state index in [2.05, 4.69) is 29.5 Å². The van der Waals surface area contributed by atoms with Crippen LogP contribution in [0.2, 0.25) is 0 Å². The standard InChI is InChI=1S/C13H21N3OS/c1-3-13-15-10(8-18-13)7-12(17)16-11-5-4-6-14-9(11)2/h8-9,11,14H,3-7H2,1-2H3,(H,16,17). The van der Waals surface area contributed by atoms with E-state index in [1.807, 2.05) is 5.38 Å². The highest BCUT2D eigenvalue weighted by atomic mass is 32.1. The number of piperidine rings is 1. The Kier molecular flexibility index (Phi) is 4.72. The molecule has 100 valence electrons. The minimum atomic E-state index is 0.0866. The minimum absolute atomic E-state index is 0.0866. The largest absolute Gasteiger partial charge is 0.351 e. The van der Waals surface area contributed by atoms with Gasteiger partial charge in [0, 0.05) is 17.5 Å². The third-order valence-electron chi connectivity index (χ3n) is 3.35. The van der Waals surface area contributed by atoms with Crippen LogP contribution in [0.25, 0.3) is 0 Å². The van der Waals surface area contributed by atoms with E-state index in [0.29, 0.717) is 12.5 Å². The van der Waals surface area contributed by atoms with Crippen molar-refractivity contribution in [2.75, 3.05) is 6.54 Å². The Morgan fingerprint density at radius 2 is 2.50 bits per heavy atom. The fourth-order valence-electron chi connectivity index (χ4n) is 2.26. The first-order valence-corrected chi connectivity index (χ1v) is 7.53. The van der Waals surface area contributed by atoms with E-state index in [9.17, 15) is 4.79 Å². The van der Waals surface area contributed by atoms with Gasteiger partial charge in [-0.15, -0.1) is 11.3 Å². The number of aryl methyl sites for hydroxylation is 1. The first-order chi connectivity index (χ1) is 8.69. The molecule has 0 spiro atoms. The molecule has 0 saturated carbocycles. The molecular formula is C13H21N3OS. The summed E-state index contributed by atoms with van der Waals surface area (Å²) in [7, 11) is 0. The third kappa shape index (κ3) is 3.53. The molecule has 0 aromatic carbocycles. The maximum atomic E-state index is 11.9. The summed E-state index contributed by atoms with van der Waals surface area (Å²) in [5.74, 6) is 0.0866. The van der Waals surface area contributed by atoms with Crippen molar-refractivity contribution in [1.82, 2.24) is 15.6 Å². The Morgan fingerprint density at radius 3 is 3.17 bits per heavy atom. The lowest BCUT2D eigenvalue weighted by Crippen LogP contribution is -2.52. The maximum Gasteiger partial charge on any atom is 0.226 e. The van der Waals surface area contributed by atoms with Gasteiger partial charge in [0.05, 0.1) is 17.1 Å². The van der Waals surface area contributed by atoms with Crippen LogP contribution in [0, 0.1) is 0 Å². The molecule has 2 atom stereocenters. The van der Waals surface area contributed by atoms with Crippen molar-refractivity contribution in [1.29, 1.82) is 0 Å². The number of carbonyl (C=O) groups excluding carboxylic acids is 1. The second kappa shape index (κ2) is 6.29. The Morgan fingerprint density at radius 1 is 1.67 bits per heavy atom. The predicted octanol–water partition coefficient (Wildman–Crippen LogP) is 1.50. The quantitative estimate of drug-likeness (QED) is 0.869. The average molecular weight is 267 g/mol. The predicted molar refractivity (Wildman–Crippen MR) is 73.8 cm³/mol. The zero-order valence-corrected chi connectivity index (χ0v) is 11.8. The summed E-state index contributed by atoms with van der Waals surface area (Å²) in [6.07, 6.45) is 3.54. The van der Waals surface area contributed by atoms with Crippen molar-refractivity contribution in [2.45, 2.75) is 51.6 Å². The summed E-state index contributed by atoms with van der Waals surface area (Å²) >= 11 is 1.63. The summed E-state index contributed by atoms with van der Waals surface area (Å²) in [5.41, 5.74) is 0.894. The Labute approximate surface area is 112 Å². The van der Waals surface area contributed by atoms with Crippen LogP contribution in [0.1, 0.15) is 37.4 Å². The summed E-state index contributed by atoms with van der Waals surface area (Å²) in [5, 5.41) is 9.58. The Hall–Kier alpha value is -0.940. The number of aromatic nitrogens is 1. The van der Waals surface area contributed by atoms with Crippen molar-refractivity contribution in [3.8, 4) is 0 Å². The monoisotopic (exact) mass is 267 g/mol. The van der Waals surface area contributed by atoms with Crippen molar-refractivity contribution in [2.24, 2.45) is 0 Å². The topological polar surface area (TPSA) is 54.0 Å². The van der Waals surface area contributed by atoms with E-state index < -0.39 is 0 Å². The van der Waals surface area contributed by atoms with E-state index in [1.54, 1.807) is 11.3 Å². The molecule has 2 unspecified atom stereocenters. The van der Waals surface area contributed by atoms with Crippen molar-refractivity contribution >= 4 is 17.2 Å². The normalized spacial score (nSPS) is 23.9. The average Bonchev–Trinajstić information content (AvgIpc) is 2.80. The summed E-state index contributed by atoms with van der Waals surface area (Å²) in [6.45, 7) is 5.26. The first kappa shape index (κ1) is 13.5. The molecule has 1 amide bonds. The molecule has 2 rings (SSSR count). The molecule has 18 heavy (non-hydrogen) atoms. The van der Waals surface area contributed by atoms with Gasteiger partial charge in [-0.2, -0.15) is 0 Å². The molecule has 4 nitrogen and oxygen atoms in total. The molecule has 0 radical (unpaired) electrons. The second-order valence-electron chi connectivity index (χ2n) is 4.82. The van der Waals surface area contributed by atoms with Crippen LogP contribution in [-0.2, 0) is 17.6 Å². The van der Waals surface area contributed by atoms with Crippen LogP contribution < -0.4 is 10.6 Å². The van der Waals surface area contributed by atoms with Crippen molar-refractivity contribution in [3.05, 3.63) is 16.1 Å². The number of rotatable bonds is 4. The van der Waals surface area contributed by atoms with Crippen molar-refractivity contribution in [3.63, 3.8) is 0 Å². The van der Waals surface area contributed by atoms with Crippen LogP contribution in [0.5, 0.6) is 0 Å². The van der Waals surface area contributed by atoms with E-state index in [0.717, 1.165) is 36.5 Å². The molecule has 5 heteroatoms. The van der Waals surface area contributed by atoms with Crippen molar-refractivity contribution < 1.29 is 4.79 Å². The fraction of sp³-hybridized carbons (Fsp3) is 0.692. The molecule has 1 fully saturated rings. The first-order valence-electron chi connectivity index (χ1n) is 6.65. The lowest BCUT2D eigenvalue weighted by atomic mass is 10.00. The highest BCUT2D eigenvalue weighted by molar-refractivity contribution is 7.09. The van der Waals surface area contributed by atoms with Crippen LogP contribution in [0.15, 0.2) is 5.38 Å². The Balaban J connectivity index is 1.84. The molecule has 1 aromatic rings. The number of hydrogen-bond acceptors (Lipinski definition) is 4. The van der Waals surface area contributed by atoms with E-state index >= 15 is 0 Å². The van der Waals surface area contributed by atoms with Gasteiger partial charge in [0.25, 0.3) is 0 Å². The SMILES string of the molecule is CCc1nc(CC(=O)NC2CCCNC2C)cs1. The number of thiazole rings is 1. The molecule has 1 aliphatic heterocycles. The van der Waals surface area contributed by atoms with Crippen LogP contribution >= 0.6 is 11.3 Å². The maximum absolute atomic E-state index is 11.9. The van der Waals surface area contributed by atoms with Gasteiger partial charge < -0.3 is 10.6 Å². The summed E-state index contributed by atoms with van der Waals surface area (Å²) in [6, 6.07) is 0.625. The molecule has 1 aliphatic rings. The molecule has 2 heterocycles. The molecule has 0 aliphatic carbocycles. The highest BCUT2D eigenvalue weighted by Crippen LogP contribution is 2.12. The van der Waals surface area contributed by atoms with Gasteiger partial charge in [-0.25, -0.2) is 4.98 Å². The van der Waals surface area contributed by atoms with Gasteiger partial charge in [-0.05, 0) is 32.7 Å². The van der Waals surface area contributed by atoms with Crippen LogP contribution in [-0.4, -0.2) is 29.5 Å². The number of amides is 1. The molecule has 2 N–H and O–H groups in total. The van der Waals surface area contributed by atoms with E-state index in [4.69, 9.17) is 0 Å². The number of nitrogens with zero attached hydrogens (tertiary/aromatic N) is 1. The molecule has 1 saturated heterocycles. The number of nitrogens with one attached hydrogen (secondary N) is 2. The summed E-state index contributed by atoms with van der Waals surface area (Å²) in [4.78, 5) is 16.4. The molecular weight excluding hydrogens is 246 g/mol. The Bertz CT molecular complexity index is 405. The zero-order valence-electron chi connectivity index (χ0n) is 11.0. The van der Waals surface area contributed by atoms with Gasteiger partial charge in [0.15, 0.2) is 0 Å². The van der Waals surface area contributed by atoms with Gasteiger partial charge in [-0.1, -0.05) is 6.92 Å². The smallest absolute Gasteiger partial charge is 0.226 e. The third-order valence-corrected chi connectivity index (χ3v) is 4.39.